The lowest BCUT2D eigenvalue weighted by Gasteiger charge is -2.35. The predicted molar refractivity (Wildman–Crippen MR) is 83.7 cm³/mol. The molecule has 0 spiro atoms. The number of hydrogen-bond donors (Lipinski definition) is 2. The number of rotatable bonds is 5. The standard InChI is InChI=1S/C17H25NO3/c1-13-7-9-14(10-8-13)18(12-11-17(20)21)15-5-3-2-4-6-16(15)19/h7-10,15-16,19H,2-6,11-12H2,1H3,(H,20,21). The molecule has 116 valence electrons. The van der Waals surface area contributed by atoms with Crippen LogP contribution in [-0.2, 0) is 4.79 Å². The first-order valence-electron chi connectivity index (χ1n) is 7.81. The van der Waals surface area contributed by atoms with Crippen LogP contribution in [0.5, 0.6) is 0 Å². The molecular weight excluding hydrogens is 266 g/mol. The number of hydrogen-bond acceptors (Lipinski definition) is 3. The normalized spacial score (nSPS) is 22.6. The first-order valence-corrected chi connectivity index (χ1v) is 7.81. The van der Waals surface area contributed by atoms with E-state index >= 15 is 0 Å². The third-order valence-electron chi connectivity index (χ3n) is 4.28. The van der Waals surface area contributed by atoms with E-state index in [2.05, 4.69) is 4.90 Å². The highest BCUT2D eigenvalue weighted by Gasteiger charge is 2.28. The Kier molecular flexibility index (Phi) is 5.62. The maximum absolute atomic E-state index is 10.9. The van der Waals surface area contributed by atoms with Crippen LogP contribution in [-0.4, -0.2) is 34.9 Å². The minimum absolute atomic E-state index is 0.0227. The molecule has 0 aromatic heterocycles. The number of carboxylic acids is 1. The zero-order chi connectivity index (χ0) is 15.2. The van der Waals surface area contributed by atoms with Gasteiger partial charge in [-0.05, 0) is 31.9 Å². The van der Waals surface area contributed by atoms with Crippen molar-refractivity contribution in [2.24, 2.45) is 0 Å². The molecule has 2 atom stereocenters. The van der Waals surface area contributed by atoms with Gasteiger partial charge in [-0.15, -0.1) is 0 Å². The van der Waals surface area contributed by atoms with Gasteiger partial charge in [-0.3, -0.25) is 4.79 Å². The number of carboxylic acid groups (broad SMARTS) is 1. The summed E-state index contributed by atoms with van der Waals surface area (Å²) >= 11 is 0. The minimum Gasteiger partial charge on any atom is -0.481 e. The van der Waals surface area contributed by atoms with E-state index in [1.54, 1.807) is 0 Å². The smallest absolute Gasteiger partial charge is 0.305 e. The summed E-state index contributed by atoms with van der Waals surface area (Å²) in [6.07, 6.45) is 4.75. The molecule has 0 saturated heterocycles. The Balaban J connectivity index is 2.21. The lowest BCUT2D eigenvalue weighted by Crippen LogP contribution is -2.44. The van der Waals surface area contributed by atoms with Gasteiger partial charge >= 0.3 is 5.97 Å². The second-order valence-corrected chi connectivity index (χ2v) is 5.95. The monoisotopic (exact) mass is 291 g/mol. The fraction of sp³-hybridized carbons (Fsp3) is 0.588. The quantitative estimate of drug-likeness (QED) is 0.819. The fourth-order valence-electron chi connectivity index (χ4n) is 3.07. The molecule has 21 heavy (non-hydrogen) atoms. The first kappa shape index (κ1) is 15.8. The number of anilines is 1. The average molecular weight is 291 g/mol. The van der Waals surface area contributed by atoms with Crippen molar-refractivity contribution in [3.8, 4) is 0 Å². The fourth-order valence-corrected chi connectivity index (χ4v) is 3.07. The second-order valence-electron chi connectivity index (χ2n) is 5.95. The van der Waals surface area contributed by atoms with E-state index in [0.717, 1.165) is 37.8 Å². The zero-order valence-corrected chi connectivity index (χ0v) is 12.7. The Labute approximate surface area is 126 Å². The highest BCUT2D eigenvalue weighted by atomic mass is 16.4. The SMILES string of the molecule is Cc1ccc(N(CCC(=O)O)C2CCCCCC2O)cc1. The summed E-state index contributed by atoms with van der Waals surface area (Å²) < 4.78 is 0. The van der Waals surface area contributed by atoms with Crippen LogP contribution >= 0.6 is 0 Å². The first-order chi connectivity index (χ1) is 10.1. The van der Waals surface area contributed by atoms with Crippen molar-refractivity contribution >= 4 is 11.7 Å². The van der Waals surface area contributed by atoms with E-state index in [1.807, 2.05) is 31.2 Å². The van der Waals surface area contributed by atoms with Gasteiger partial charge in [-0.1, -0.05) is 37.0 Å². The molecule has 2 unspecified atom stereocenters. The van der Waals surface area contributed by atoms with Crippen LogP contribution in [0.25, 0.3) is 0 Å². The molecule has 2 rings (SSSR count). The summed E-state index contributed by atoms with van der Waals surface area (Å²) in [6.45, 7) is 2.48. The molecule has 4 heteroatoms. The third kappa shape index (κ3) is 4.46. The molecule has 1 fully saturated rings. The summed E-state index contributed by atoms with van der Waals surface area (Å²) in [7, 11) is 0. The lowest BCUT2D eigenvalue weighted by molar-refractivity contribution is -0.136. The Morgan fingerprint density at radius 2 is 1.86 bits per heavy atom. The lowest BCUT2D eigenvalue weighted by atomic mass is 10.0. The van der Waals surface area contributed by atoms with E-state index < -0.39 is 5.97 Å². The summed E-state index contributed by atoms with van der Waals surface area (Å²) in [5, 5.41) is 19.4. The number of carbonyl (C=O) groups is 1. The molecule has 0 amide bonds. The molecule has 1 aliphatic rings. The van der Waals surface area contributed by atoms with Crippen LogP contribution < -0.4 is 4.90 Å². The number of aliphatic carboxylic acids is 1. The van der Waals surface area contributed by atoms with Gasteiger partial charge in [0.25, 0.3) is 0 Å². The molecule has 1 aromatic carbocycles. The molecule has 0 aliphatic heterocycles. The van der Waals surface area contributed by atoms with Crippen molar-refractivity contribution in [1.29, 1.82) is 0 Å². The van der Waals surface area contributed by atoms with Crippen LogP contribution in [0.3, 0.4) is 0 Å². The number of benzene rings is 1. The van der Waals surface area contributed by atoms with Gasteiger partial charge in [0, 0.05) is 12.2 Å². The summed E-state index contributed by atoms with van der Waals surface area (Å²) in [5.41, 5.74) is 2.19. The van der Waals surface area contributed by atoms with Gasteiger partial charge in [-0.2, -0.15) is 0 Å². The molecule has 4 nitrogen and oxygen atoms in total. The zero-order valence-electron chi connectivity index (χ0n) is 12.7. The Morgan fingerprint density at radius 3 is 2.52 bits per heavy atom. The van der Waals surface area contributed by atoms with Crippen LogP contribution in [0.15, 0.2) is 24.3 Å². The van der Waals surface area contributed by atoms with Crippen molar-refractivity contribution in [3.05, 3.63) is 29.8 Å². The molecular formula is C17H25NO3. The van der Waals surface area contributed by atoms with Crippen molar-refractivity contribution in [3.63, 3.8) is 0 Å². The number of aliphatic hydroxyl groups is 1. The molecule has 0 radical (unpaired) electrons. The van der Waals surface area contributed by atoms with Gasteiger partial charge in [0.05, 0.1) is 18.6 Å². The molecule has 2 N–H and O–H groups in total. The Hall–Kier alpha value is -1.55. The maximum atomic E-state index is 10.9. The topological polar surface area (TPSA) is 60.8 Å². The molecule has 1 aliphatic carbocycles. The van der Waals surface area contributed by atoms with E-state index in [-0.39, 0.29) is 18.6 Å². The summed E-state index contributed by atoms with van der Waals surface area (Å²) in [5.74, 6) is -0.796. The molecule has 1 saturated carbocycles. The van der Waals surface area contributed by atoms with Crippen molar-refractivity contribution in [2.75, 3.05) is 11.4 Å². The van der Waals surface area contributed by atoms with E-state index in [1.165, 1.54) is 5.56 Å². The van der Waals surface area contributed by atoms with Gasteiger partial charge in [0.2, 0.25) is 0 Å². The number of nitrogens with zero attached hydrogens (tertiary/aromatic N) is 1. The summed E-state index contributed by atoms with van der Waals surface area (Å²) in [4.78, 5) is 13.0. The van der Waals surface area contributed by atoms with Crippen molar-refractivity contribution in [2.45, 2.75) is 57.6 Å². The van der Waals surface area contributed by atoms with E-state index in [0.29, 0.717) is 6.54 Å². The molecule has 1 aromatic rings. The third-order valence-corrected chi connectivity index (χ3v) is 4.28. The Morgan fingerprint density at radius 1 is 1.19 bits per heavy atom. The van der Waals surface area contributed by atoms with Crippen LogP contribution in [0.4, 0.5) is 5.69 Å². The average Bonchev–Trinajstić information content (AvgIpc) is 2.66. The summed E-state index contributed by atoms with van der Waals surface area (Å²) in [6, 6.07) is 8.14. The van der Waals surface area contributed by atoms with Gasteiger partial charge in [-0.25, -0.2) is 0 Å². The molecule has 0 heterocycles. The van der Waals surface area contributed by atoms with Gasteiger partial charge in [0.15, 0.2) is 0 Å². The van der Waals surface area contributed by atoms with Crippen molar-refractivity contribution < 1.29 is 15.0 Å². The van der Waals surface area contributed by atoms with E-state index in [4.69, 9.17) is 5.11 Å². The predicted octanol–water partition coefficient (Wildman–Crippen LogP) is 2.97. The largest absolute Gasteiger partial charge is 0.481 e. The highest BCUT2D eigenvalue weighted by molar-refractivity contribution is 5.67. The Bertz CT molecular complexity index is 458. The van der Waals surface area contributed by atoms with Crippen LogP contribution in [0.1, 0.15) is 44.1 Å². The number of aliphatic hydroxyl groups excluding tert-OH is 1. The number of aryl methyl sites for hydroxylation is 1. The van der Waals surface area contributed by atoms with E-state index in [9.17, 15) is 9.90 Å². The minimum atomic E-state index is -0.796. The van der Waals surface area contributed by atoms with Crippen LogP contribution in [0.2, 0.25) is 0 Å². The molecule has 0 bridgehead atoms. The van der Waals surface area contributed by atoms with Gasteiger partial charge in [0.1, 0.15) is 0 Å². The van der Waals surface area contributed by atoms with Crippen molar-refractivity contribution in [1.82, 2.24) is 0 Å². The maximum Gasteiger partial charge on any atom is 0.305 e. The van der Waals surface area contributed by atoms with Crippen LogP contribution in [0, 0.1) is 6.92 Å². The van der Waals surface area contributed by atoms with Gasteiger partial charge < -0.3 is 15.1 Å². The second kappa shape index (κ2) is 7.46. The highest BCUT2D eigenvalue weighted by Crippen LogP contribution is 2.27.